The molecule has 4 rings (SSSR count). The van der Waals surface area contributed by atoms with E-state index in [1.165, 1.54) is 13.2 Å². The normalized spacial score (nSPS) is 13.2. The standard InChI is InChI=1S/C38H38ClF3N2O4S/c1-37(2,3)20-19-25-5-9-28(10-6-25)33(23-26-7-11-29(12-8-26)35(45)43-21-22-49(47)48-4)36(46)44-31-16-13-27(14-17-31)32-18-15-30(24-34(32)39)38(40,41)42/h5-20,24,33H,21-23H2,1-4H3,(H,43,45)(H,44,46)/b20-19+. The highest BCUT2D eigenvalue weighted by atomic mass is 35.5. The topological polar surface area (TPSA) is 84.5 Å². The zero-order valence-electron chi connectivity index (χ0n) is 27.6. The highest BCUT2D eigenvalue weighted by Crippen LogP contribution is 2.36. The maximum atomic E-state index is 13.8. The van der Waals surface area contributed by atoms with Gasteiger partial charge in [-0.25, -0.2) is 4.21 Å². The van der Waals surface area contributed by atoms with Crippen molar-refractivity contribution < 1.29 is 31.2 Å². The Morgan fingerprint density at radius 3 is 2.14 bits per heavy atom. The van der Waals surface area contributed by atoms with Gasteiger partial charge in [-0.15, -0.1) is 0 Å². The summed E-state index contributed by atoms with van der Waals surface area (Å²) in [7, 11) is 1.33. The van der Waals surface area contributed by atoms with E-state index in [1.807, 2.05) is 30.3 Å². The van der Waals surface area contributed by atoms with Gasteiger partial charge in [-0.05, 0) is 70.5 Å². The molecule has 2 amide bonds. The van der Waals surface area contributed by atoms with Crippen molar-refractivity contribution in [3.8, 4) is 11.1 Å². The van der Waals surface area contributed by atoms with E-state index in [4.69, 9.17) is 15.8 Å². The van der Waals surface area contributed by atoms with Crippen LogP contribution in [0.15, 0.2) is 97.1 Å². The molecule has 0 aromatic heterocycles. The first-order valence-corrected chi connectivity index (χ1v) is 17.1. The number of hydrogen-bond donors (Lipinski definition) is 2. The summed E-state index contributed by atoms with van der Waals surface area (Å²) in [5.74, 6) is -0.985. The molecule has 49 heavy (non-hydrogen) atoms. The van der Waals surface area contributed by atoms with Crippen LogP contribution in [0.3, 0.4) is 0 Å². The van der Waals surface area contributed by atoms with Crippen molar-refractivity contribution in [2.45, 2.75) is 39.3 Å². The SMILES string of the molecule is COS(=O)CCNC(=O)c1ccc(CC(C(=O)Nc2ccc(-c3ccc(C(F)(F)F)cc3Cl)cc2)c2ccc(/C=C/C(C)(C)C)cc2)cc1. The Hall–Kier alpha value is -4.25. The van der Waals surface area contributed by atoms with Gasteiger partial charge >= 0.3 is 6.18 Å². The molecule has 0 saturated carbocycles. The number of halogens is 4. The molecule has 0 aliphatic heterocycles. The van der Waals surface area contributed by atoms with Gasteiger partial charge in [0.1, 0.15) is 0 Å². The number of amides is 2. The Morgan fingerprint density at radius 1 is 0.918 bits per heavy atom. The molecule has 11 heteroatoms. The van der Waals surface area contributed by atoms with E-state index in [9.17, 15) is 27.0 Å². The Balaban J connectivity index is 1.53. The van der Waals surface area contributed by atoms with Gasteiger partial charge in [0, 0.05) is 28.4 Å². The van der Waals surface area contributed by atoms with Crippen LogP contribution < -0.4 is 10.6 Å². The summed E-state index contributed by atoms with van der Waals surface area (Å²) in [6.07, 6.45) is 0.000102. The van der Waals surface area contributed by atoms with Crippen molar-refractivity contribution in [1.29, 1.82) is 0 Å². The predicted molar refractivity (Wildman–Crippen MR) is 191 cm³/mol. The Bertz CT molecular complexity index is 1800. The molecule has 4 aromatic carbocycles. The Labute approximate surface area is 292 Å². The third-order valence-electron chi connectivity index (χ3n) is 7.59. The van der Waals surface area contributed by atoms with Gasteiger partial charge in [-0.2, -0.15) is 13.2 Å². The highest BCUT2D eigenvalue weighted by molar-refractivity contribution is 7.80. The first-order chi connectivity index (χ1) is 23.1. The molecular weight excluding hydrogens is 673 g/mol. The summed E-state index contributed by atoms with van der Waals surface area (Å²) >= 11 is 4.72. The summed E-state index contributed by atoms with van der Waals surface area (Å²) in [6, 6.07) is 24.7. The largest absolute Gasteiger partial charge is 0.416 e. The maximum Gasteiger partial charge on any atom is 0.416 e. The molecule has 0 fully saturated rings. The lowest BCUT2D eigenvalue weighted by Gasteiger charge is -2.19. The fourth-order valence-corrected chi connectivity index (χ4v) is 5.62. The lowest BCUT2D eigenvalue weighted by atomic mass is 9.89. The molecule has 258 valence electrons. The monoisotopic (exact) mass is 710 g/mol. The average Bonchev–Trinajstić information content (AvgIpc) is 3.06. The molecule has 0 bridgehead atoms. The quantitative estimate of drug-likeness (QED) is 0.154. The summed E-state index contributed by atoms with van der Waals surface area (Å²) in [4.78, 5) is 26.4. The van der Waals surface area contributed by atoms with E-state index in [-0.39, 0.29) is 34.5 Å². The number of carbonyl (C=O) groups is 2. The third-order valence-corrected chi connectivity index (χ3v) is 8.81. The minimum Gasteiger partial charge on any atom is -0.351 e. The number of nitrogens with one attached hydrogen (secondary N) is 2. The molecule has 0 radical (unpaired) electrons. The van der Waals surface area contributed by atoms with Crippen molar-refractivity contribution in [1.82, 2.24) is 5.32 Å². The number of anilines is 1. The number of allylic oxidation sites excluding steroid dienone is 1. The van der Waals surface area contributed by atoms with Crippen molar-refractivity contribution in [2.75, 3.05) is 24.7 Å². The summed E-state index contributed by atoms with van der Waals surface area (Å²) in [5.41, 5.74) is 3.79. The third kappa shape index (κ3) is 11.1. The second kappa shape index (κ2) is 16.4. The fraction of sp³-hybridized carbons (Fsp3) is 0.263. The first-order valence-electron chi connectivity index (χ1n) is 15.5. The van der Waals surface area contributed by atoms with Crippen LogP contribution in [0, 0.1) is 5.41 Å². The van der Waals surface area contributed by atoms with Crippen LogP contribution >= 0.6 is 11.6 Å². The van der Waals surface area contributed by atoms with Crippen LogP contribution in [0.4, 0.5) is 18.9 Å². The van der Waals surface area contributed by atoms with Gasteiger partial charge < -0.3 is 10.6 Å². The van der Waals surface area contributed by atoms with E-state index in [0.717, 1.165) is 28.8 Å². The van der Waals surface area contributed by atoms with E-state index in [1.54, 1.807) is 48.5 Å². The van der Waals surface area contributed by atoms with Crippen LogP contribution in [-0.4, -0.2) is 35.4 Å². The second-order valence-electron chi connectivity index (χ2n) is 12.5. The molecule has 0 aliphatic carbocycles. The Kier molecular flexibility index (Phi) is 12.6. The molecule has 2 atom stereocenters. The van der Waals surface area contributed by atoms with Gasteiger partial charge in [0.05, 0.1) is 24.3 Å². The maximum absolute atomic E-state index is 13.8. The number of rotatable bonds is 12. The lowest BCUT2D eigenvalue weighted by Crippen LogP contribution is -2.28. The van der Waals surface area contributed by atoms with Crippen LogP contribution in [-0.2, 0) is 32.7 Å². The van der Waals surface area contributed by atoms with Gasteiger partial charge in [0.25, 0.3) is 5.91 Å². The van der Waals surface area contributed by atoms with Crippen LogP contribution in [0.1, 0.15) is 59.3 Å². The van der Waals surface area contributed by atoms with Crippen LogP contribution in [0.2, 0.25) is 5.02 Å². The zero-order chi connectivity index (χ0) is 35.8. The van der Waals surface area contributed by atoms with E-state index in [0.29, 0.717) is 28.8 Å². The minimum absolute atomic E-state index is 0.0142. The minimum atomic E-state index is -4.50. The Morgan fingerprint density at radius 2 is 1.57 bits per heavy atom. The van der Waals surface area contributed by atoms with Crippen molar-refractivity contribution >= 4 is 46.3 Å². The van der Waals surface area contributed by atoms with Gasteiger partial charge in [0.15, 0.2) is 11.1 Å². The van der Waals surface area contributed by atoms with E-state index in [2.05, 4.69) is 37.5 Å². The van der Waals surface area contributed by atoms with Gasteiger partial charge in [-0.1, -0.05) is 99.1 Å². The van der Waals surface area contributed by atoms with Crippen molar-refractivity contribution in [3.63, 3.8) is 0 Å². The van der Waals surface area contributed by atoms with Crippen molar-refractivity contribution in [3.05, 3.63) is 130 Å². The molecule has 0 saturated heterocycles. The second-order valence-corrected chi connectivity index (χ2v) is 14.3. The zero-order valence-corrected chi connectivity index (χ0v) is 29.1. The van der Waals surface area contributed by atoms with Crippen LogP contribution in [0.25, 0.3) is 17.2 Å². The van der Waals surface area contributed by atoms with Crippen molar-refractivity contribution in [2.24, 2.45) is 5.41 Å². The molecule has 2 unspecified atom stereocenters. The number of carbonyl (C=O) groups excluding carboxylic acids is 2. The molecular formula is C38H38ClF3N2O4S. The number of hydrogen-bond acceptors (Lipinski definition) is 4. The van der Waals surface area contributed by atoms with Gasteiger partial charge in [0.2, 0.25) is 5.91 Å². The van der Waals surface area contributed by atoms with Crippen LogP contribution in [0.5, 0.6) is 0 Å². The molecule has 0 aliphatic rings. The molecule has 2 N–H and O–H groups in total. The smallest absolute Gasteiger partial charge is 0.351 e. The predicted octanol–water partition coefficient (Wildman–Crippen LogP) is 9.09. The lowest BCUT2D eigenvalue weighted by molar-refractivity contribution is -0.137. The number of benzene rings is 4. The van der Waals surface area contributed by atoms with Gasteiger partial charge in [-0.3, -0.25) is 13.8 Å². The molecule has 6 nitrogen and oxygen atoms in total. The average molecular weight is 711 g/mol. The highest BCUT2D eigenvalue weighted by Gasteiger charge is 2.31. The fourth-order valence-electron chi connectivity index (χ4n) is 4.90. The summed E-state index contributed by atoms with van der Waals surface area (Å²) in [6.45, 7) is 6.53. The molecule has 0 spiro atoms. The van der Waals surface area contributed by atoms with E-state index >= 15 is 0 Å². The summed E-state index contributed by atoms with van der Waals surface area (Å²) in [5, 5.41) is 5.66. The molecule has 4 aromatic rings. The molecule has 0 heterocycles. The number of alkyl halides is 3. The first kappa shape index (κ1) is 37.6. The van der Waals surface area contributed by atoms with E-state index < -0.39 is 28.7 Å². The summed E-state index contributed by atoms with van der Waals surface area (Å²) < 4.78 is 55.4.